The molecular weight excluding hydrogens is 174 g/mol. The molecule has 1 aromatic heterocycles. The van der Waals surface area contributed by atoms with Crippen LogP contribution in [0.1, 0.15) is 37.1 Å². The lowest BCUT2D eigenvalue weighted by Gasteiger charge is -2.10. The SMILES string of the molecule is C=C(C)CCC(O)c1cc(C)ccn1. The van der Waals surface area contributed by atoms with E-state index in [4.69, 9.17) is 0 Å². The molecule has 0 radical (unpaired) electrons. The minimum absolute atomic E-state index is 0.466. The van der Waals surface area contributed by atoms with E-state index in [1.54, 1.807) is 6.20 Å². The van der Waals surface area contributed by atoms with Gasteiger partial charge in [-0.2, -0.15) is 0 Å². The van der Waals surface area contributed by atoms with Crippen LogP contribution in [-0.2, 0) is 0 Å². The van der Waals surface area contributed by atoms with E-state index < -0.39 is 6.10 Å². The fraction of sp³-hybridized carbons (Fsp3) is 0.417. The topological polar surface area (TPSA) is 33.1 Å². The summed E-state index contributed by atoms with van der Waals surface area (Å²) in [5.41, 5.74) is 2.98. The smallest absolute Gasteiger partial charge is 0.0962 e. The fourth-order valence-electron chi connectivity index (χ4n) is 1.27. The first-order valence-corrected chi connectivity index (χ1v) is 4.84. The molecule has 0 bridgehead atoms. The molecule has 1 atom stereocenters. The Bertz CT molecular complexity index is 320. The van der Waals surface area contributed by atoms with Crippen molar-refractivity contribution in [1.29, 1.82) is 0 Å². The van der Waals surface area contributed by atoms with Crippen LogP contribution in [0.2, 0.25) is 0 Å². The number of hydrogen-bond donors (Lipinski definition) is 1. The monoisotopic (exact) mass is 191 g/mol. The van der Waals surface area contributed by atoms with Crippen LogP contribution >= 0.6 is 0 Å². The van der Waals surface area contributed by atoms with Gasteiger partial charge in [-0.15, -0.1) is 6.58 Å². The lowest BCUT2D eigenvalue weighted by Crippen LogP contribution is -2.00. The van der Waals surface area contributed by atoms with Crippen molar-refractivity contribution in [2.45, 2.75) is 32.8 Å². The van der Waals surface area contributed by atoms with Crippen molar-refractivity contribution < 1.29 is 5.11 Å². The maximum atomic E-state index is 9.79. The molecule has 1 rings (SSSR count). The summed E-state index contributed by atoms with van der Waals surface area (Å²) < 4.78 is 0. The summed E-state index contributed by atoms with van der Waals surface area (Å²) in [6.45, 7) is 7.77. The zero-order valence-corrected chi connectivity index (χ0v) is 8.83. The van der Waals surface area contributed by atoms with E-state index in [1.165, 1.54) is 0 Å². The van der Waals surface area contributed by atoms with Crippen molar-refractivity contribution in [1.82, 2.24) is 4.98 Å². The van der Waals surface area contributed by atoms with E-state index in [9.17, 15) is 5.11 Å². The molecule has 0 saturated heterocycles. The van der Waals surface area contributed by atoms with Gasteiger partial charge in [-0.05, 0) is 44.4 Å². The molecule has 1 heterocycles. The zero-order chi connectivity index (χ0) is 10.6. The van der Waals surface area contributed by atoms with E-state index in [0.717, 1.165) is 23.3 Å². The van der Waals surface area contributed by atoms with Gasteiger partial charge in [-0.25, -0.2) is 0 Å². The number of hydrogen-bond acceptors (Lipinski definition) is 2. The summed E-state index contributed by atoms with van der Waals surface area (Å²) in [5.74, 6) is 0. The van der Waals surface area contributed by atoms with Gasteiger partial charge in [0.2, 0.25) is 0 Å². The second-order valence-corrected chi connectivity index (χ2v) is 3.77. The van der Waals surface area contributed by atoms with Crippen molar-refractivity contribution in [3.8, 4) is 0 Å². The van der Waals surface area contributed by atoms with Gasteiger partial charge in [0, 0.05) is 6.20 Å². The van der Waals surface area contributed by atoms with Gasteiger partial charge < -0.3 is 5.11 Å². The molecule has 76 valence electrons. The van der Waals surface area contributed by atoms with E-state index in [2.05, 4.69) is 11.6 Å². The van der Waals surface area contributed by atoms with Gasteiger partial charge in [0.15, 0.2) is 0 Å². The van der Waals surface area contributed by atoms with Gasteiger partial charge in [-0.1, -0.05) is 5.57 Å². The summed E-state index contributed by atoms with van der Waals surface area (Å²) in [7, 11) is 0. The van der Waals surface area contributed by atoms with Crippen LogP contribution in [0.15, 0.2) is 30.5 Å². The van der Waals surface area contributed by atoms with Crippen LogP contribution in [-0.4, -0.2) is 10.1 Å². The summed E-state index contributed by atoms with van der Waals surface area (Å²) in [4.78, 5) is 4.14. The summed E-state index contributed by atoms with van der Waals surface area (Å²) >= 11 is 0. The first kappa shape index (κ1) is 10.9. The van der Waals surface area contributed by atoms with E-state index in [-0.39, 0.29) is 0 Å². The second kappa shape index (κ2) is 4.91. The number of aryl methyl sites for hydroxylation is 1. The van der Waals surface area contributed by atoms with Gasteiger partial charge in [0.05, 0.1) is 11.8 Å². The standard InChI is InChI=1S/C12H17NO/c1-9(2)4-5-12(14)11-8-10(3)6-7-13-11/h6-8,12,14H,1,4-5H2,2-3H3. The van der Waals surface area contributed by atoms with Gasteiger partial charge >= 0.3 is 0 Å². The number of aliphatic hydroxyl groups is 1. The molecule has 2 heteroatoms. The highest BCUT2D eigenvalue weighted by Crippen LogP contribution is 2.18. The molecule has 0 aliphatic carbocycles. The van der Waals surface area contributed by atoms with Crippen LogP contribution in [0, 0.1) is 6.92 Å². The van der Waals surface area contributed by atoms with Gasteiger partial charge in [0.1, 0.15) is 0 Å². The summed E-state index contributed by atoms with van der Waals surface area (Å²) in [6.07, 6.45) is 2.81. The molecule has 0 aliphatic heterocycles. The minimum Gasteiger partial charge on any atom is -0.387 e. The van der Waals surface area contributed by atoms with E-state index >= 15 is 0 Å². The molecule has 1 N–H and O–H groups in total. The predicted octanol–water partition coefficient (Wildman–Crippen LogP) is 2.78. The third-order valence-corrected chi connectivity index (χ3v) is 2.12. The second-order valence-electron chi connectivity index (χ2n) is 3.77. The van der Waals surface area contributed by atoms with Crippen molar-refractivity contribution in [2.24, 2.45) is 0 Å². The Hall–Kier alpha value is -1.15. The van der Waals surface area contributed by atoms with Crippen LogP contribution in [0.4, 0.5) is 0 Å². The summed E-state index contributed by atoms with van der Waals surface area (Å²) in [6, 6.07) is 3.85. The maximum Gasteiger partial charge on any atom is 0.0962 e. The van der Waals surface area contributed by atoms with Crippen LogP contribution in [0.5, 0.6) is 0 Å². The number of allylic oxidation sites excluding steroid dienone is 1. The third-order valence-electron chi connectivity index (χ3n) is 2.12. The molecule has 14 heavy (non-hydrogen) atoms. The van der Waals surface area contributed by atoms with Gasteiger partial charge in [0.25, 0.3) is 0 Å². The number of nitrogens with zero attached hydrogens (tertiary/aromatic N) is 1. The molecule has 0 saturated carbocycles. The summed E-state index contributed by atoms with van der Waals surface area (Å²) in [5, 5.41) is 9.79. The predicted molar refractivity (Wildman–Crippen MR) is 58.0 cm³/mol. The Labute approximate surface area is 85.3 Å². The average molecular weight is 191 g/mol. The van der Waals surface area contributed by atoms with Crippen molar-refractivity contribution in [3.05, 3.63) is 41.7 Å². The Morgan fingerprint density at radius 3 is 2.93 bits per heavy atom. The number of pyridine rings is 1. The molecule has 1 aromatic rings. The Balaban J connectivity index is 2.60. The van der Waals surface area contributed by atoms with Crippen LogP contribution < -0.4 is 0 Å². The number of aromatic nitrogens is 1. The molecule has 0 aliphatic rings. The Morgan fingerprint density at radius 1 is 1.64 bits per heavy atom. The number of aliphatic hydroxyl groups excluding tert-OH is 1. The first-order chi connectivity index (χ1) is 6.59. The minimum atomic E-state index is -0.466. The first-order valence-electron chi connectivity index (χ1n) is 4.84. The van der Waals surface area contributed by atoms with E-state index in [0.29, 0.717) is 6.42 Å². The maximum absolute atomic E-state index is 9.79. The molecule has 0 spiro atoms. The molecule has 1 unspecified atom stereocenters. The van der Waals surface area contributed by atoms with E-state index in [1.807, 2.05) is 26.0 Å². The average Bonchev–Trinajstić information content (AvgIpc) is 2.14. The Morgan fingerprint density at radius 2 is 2.36 bits per heavy atom. The third kappa shape index (κ3) is 3.30. The lowest BCUT2D eigenvalue weighted by molar-refractivity contribution is 0.163. The van der Waals surface area contributed by atoms with Crippen LogP contribution in [0.3, 0.4) is 0 Å². The van der Waals surface area contributed by atoms with Crippen molar-refractivity contribution in [2.75, 3.05) is 0 Å². The number of rotatable bonds is 4. The van der Waals surface area contributed by atoms with Gasteiger partial charge in [-0.3, -0.25) is 4.98 Å². The fourth-order valence-corrected chi connectivity index (χ4v) is 1.27. The van der Waals surface area contributed by atoms with Crippen LogP contribution in [0.25, 0.3) is 0 Å². The largest absolute Gasteiger partial charge is 0.387 e. The molecule has 0 fully saturated rings. The quantitative estimate of drug-likeness (QED) is 0.742. The van der Waals surface area contributed by atoms with Crippen molar-refractivity contribution >= 4 is 0 Å². The van der Waals surface area contributed by atoms with Crippen molar-refractivity contribution in [3.63, 3.8) is 0 Å². The molecule has 0 amide bonds. The highest BCUT2D eigenvalue weighted by molar-refractivity contribution is 5.16. The highest BCUT2D eigenvalue weighted by Gasteiger charge is 2.08. The zero-order valence-electron chi connectivity index (χ0n) is 8.83. The molecule has 2 nitrogen and oxygen atoms in total. The normalized spacial score (nSPS) is 12.5. The molecular formula is C12H17NO. The highest BCUT2D eigenvalue weighted by atomic mass is 16.3. The lowest BCUT2D eigenvalue weighted by atomic mass is 10.1. The molecule has 0 aromatic carbocycles. The Kier molecular flexibility index (Phi) is 3.84.